The Balaban J connectivity index is 1.90. The van der Waals surface area contributed by atoms with Gasteiger partial charge in [0.2, 0.25) is 0 Å². The second-order valence-corrected chi connectivity index (χ2v) is 6.16. The third-order valence-corrected chi connectivity index (χ3v) is 4.47. The molecular weight excluding hydrogens is 300 g/mol. The van der Waals surface area contributed by atoms with Gasteiger partial charge in [-0.15, -0.1) is 0 Å². The Kier molecular flexibility index (Phi) is 4.64. The van der Waals surface area contributed by atoms with Gasteiger partial charge in [-0.25, -0.2) is 0 Å². The van der Waals surface area contributed by atoms with E-state index in [1.54, 1.807) is 24.3 Å². The van der Waals surface area contributed by atoms with Crippen molar-refractivity contribution in [1.29, 1.82) is 5.26 Å². The molecule has 0 spiro atoms. The summed E-state index contributed by atoms with van der Waals surface area (Å²) < 4.78 is 6.00. The Hall–Kier alpha value is -2.64. The minimum Gasteiger partial charge on any atom is -0.369 e. The molecule has 0 bridgehead atoms. The van der Waals surface area contributed by atoms with E-state index in [-0.39, 0.29) is 24.1 Å². The first kappa shape index (κ1) is 16.2. The minimum absolute atomic E-state index is 0.0156. The molecule has 0 aliphatic carbocycles. The molecular formula is C20H20N2O2. The molecule has 0 unspecified atom stereocenters. The van der Waals surface area contributed by atoms with E-state index in [0.29, 0.717) is 17.7 Å². The van der Waals surface area contributed by atoms with Gasteiger partial charge in [0.15, 0.2) is 0 Å². The topological polar surface area (TPSA) is 53.3 Å². The molecule has 0 saturated carbocycles. The summed E-state index contributed by atoms with van der Waals surface area (Å²) in [6.45, 7) is 4.50. The van der Waals surface area contributed by atoms with Gasteiger partial charge >= 0.3 is 0 Å². The van der Waals surface area contributed by atoms with Gasteiger partial charge in [-0.3, -0.25) is 4.79 Å². The van der Waals surface area contributed by atoms with Gasteiger partial charge in [0, 0.05) is 5.56 Å². The van der Waals surface area contributed by atoms with Crippen LogP contribution in [0.25, 0.3) is 0 Å². The lowest BCUT2D eigenvalue weighted by Crippen LogP contribution is -2.53. The highest BCUT2D eigenvalue weighted by Crippen LogP contribution is 2.31. The third-order valence-electron chi connectivity index (χ3n) is 4.47. The maximum Gasteiger partial charge on any atom is 0.254 e. The summed E-state index contributed by atoms with van der Waals surface area (Å²) in [6, 6.07) is 18.8. The van der Waals surface area contributed by atoms with Crippen LogP contribution >= 0.6 is 0 Å². The van der Waals surface area contributed by atoms with Crippen LogP contribution < -0.4 is 0 Å². The largest absolute Gasteiger partial charge is 0.369 e. The molecule has 0 aromatic heterocycles. The molecule has 2 aromatic carbocycles. The zero-order chi connectivity index (χ0) is 17.1. The van der Waals surface area contributed by atoms with E-state index in [4.69, 9.17) is 10.00 Å². The first-order valence-corrected chi connectivity index (χ1v) is 8.11. The predicted octanol–water partition coefficient (Wildman–Crippen LogP) is 3.55. The summed E-state index contributed by atoms with van der Waals surface area (Å²) in [5.74, 6) is -0.0590. The number of hydrogen-bond acceptors (Lipinski definition) is 3. The van der Waals surface area contributed by atoms with E-state index in [9.17, 15) is 4.79 Å². The first-order valence-electron chi connectivity index (χ1n) is 8.11. The van der Waals surface area contributed by atoms with Gasteiger partial charge < -0.3 is 9.64 Å². The van der Waals surface area contributed by atoms with Crippen LogP contribution in [0, 0.1) is 11.3 Å². The molecule has 3 rings (SSSR count). The standard InChI is InChI=1S/C20H20N2O2/c1-14-13-24-19(17-8-4-3-5-9-17)15(2)22(14)20(23)18-10-6-7-16(11-18)12-21/h3-11,14-15,19H,13H2,1-2H3/t14-,15-,19-/m1/s1. The van der Waals surface area contributed by atoms with Crippen LogP contribution in [0.3, 0.4) is 0 Å². The lowest BCUT2D eigenvalue weighted by atomic mass is 9.97. The van der Waals surface area contributed by atoms with E-state index in [0.717, 1.165) is 5.56 Å². The number of morpholine rings is 1. The van der Waals surface area contributed by atoms with Gasteiger partial charge in [0.25, 0.3) is 5.91 Å². The van der Waals surface area contributed by atoms with Crippen LogP contribution in [0.4, 0.5) is 0 Å². The number of ether oxygens (including phenoxy) is 1. The van der Waals surface area contributed by atoms with Crippen LogP contribution in [0.5, 0.6) is 0 Å². The monoisotopic (exact) mass is 320 g/mol. The Morgan fingerprint density at radius 1 is 1.17 bits per heavy atom. The Labute approximate surface area is 142 Å². The maximum atomic E-state index is 13.0. The van der Waals surface area contributed by atoms with Crippen molar-refractivity contribution in [3.05, 3.63) is 71.3 Å². The lowest BCUT2D eigenvalue weighted by molar-refractivity contribution is -0.0806. The number of nitrogens with zero attached hydrogens (tertiary/aromatic N) is 2. The molecule has 1 aliphatic heterocycles. The van der Waals surface area contributed by atoms with Crippen molar-refractivity contribution >= 4 is 5.91 Å². The molecule has 1 amide bonds. The van der Waals surface area contributed by atoms with Crippen LogP contribution in [0.1, 0.15) is 41.4 Å². The normalized spacial score (nSPS) is 23.5. The van der Waals surface area contributed by atoms with Crippen molar-refractivity contribution in [2.45, 2.75) is 32.0 Å². The highest BCUT2D eigenvalue weighted by molar-refractivity contribution is 5.95. The summed E-state index contributed by atoms with van der Waals surface area (Å²) in [4.78, 5) is 14.9. The van der Waals surface area contributed by atoms with Crippen molar-refractivity contribution in [3.63, 3.8) is 0 Å². The van der Waals surface area contributed by atoms with Crippen LogP contribution in [0.2, 0.25) is 0 Å². The highest BCUT2D eigenvalue weighted by Gasteiger charge is 2.37. The van der Waals surface area contributed by atoms with Crippen LogP contribution in [-0.2, 0) is 4.74 Å². The summed E-state index contributed by atoms with van der Waals surface area (Å²) in [6.07, 6.45) is -0.148. The van der Waals surface area contributed by atoms with E-state index in [1.165, 1.54) is 0 Å². The Bertz CT molecular complexity index is 767. The molecule has 1 aliphatic rings. The van der Waals surface area contributed by atoms with Crippen LogP contribution in [0.15, 0.2) is 54.6 Å². The summed E-state index contributed by atoms with van der Waals surface area (Å²) in [5, 5.41) is 9.05. The molecule has 24 heavy (non-hydrogen) atoms. The molecule has 0 N–H and O–H groups in total. The van der Waals surface area contributed by atoms with Crippen molar-refractivity contribution in [2.24, 2.45) is 0 Å². The second-order valence-electron chi connectivity index (χ2n) is 6.16. The number of amides is 1. The highest BCUT2D eigenvalue weighted by atomic mass is 16.5. The average molecular weight is 320 g/mol. The van der Waals surface area contributed by atoms with Crippen LogP contribution in [-0.4, -0.2) is 29.5 Å². The molecule has 1 fully saturated rings. The Morgan fingerprint density at radius 2 is 1.92 bits per heavy atom. The van der Waals surface area contributed by atoms with Gasteiger partial charge in [-0.2, -0.15) is 5.26 Å². The number of carbonyl (C=O) groups excluding carboxylic acids is 1. The molecule has 1 saturated heterocycles. The van der Waals surface area contributed by atoms with Crippen molar-refractivity contribution in [2.75, 3.05) is 6.61 Å². The lowest BCUT2D eigenvalue weighted by Gasteiger charge is -2.44. The molecule has 0 radical (unpaired) electrons. The van der Waals surface area contributed by atoms with Crippen molar-refractivity contribution < 1.29 is 9.53 Å². The zero-order valence-electron chi connectivity index (χ0n) is 13.8. The van der Waals surface area contributed by atoms with Crippen molar-refractivity contribution in [1.82, 2.24) is 4.90 Å². The second kappa shape index (κ2) is 6.86. The van der Waals surface area contributed by atoms with Gasteiger partial charge in [-0.1, -0.05) is 36.4 Å². The predicted molar refractivity (Wildman–Crippen MR) is 91.4 cm³/mol. The summed E-state index contributed by atoms with van der Waals surface area (Å²) in [7, 11) is 0. The van der Waals surface area contributed by atoms with Gasteiger partial charge in [-0.05, 0) is 37.6 Å². The quantitative estimate of drug-likeness (QED) is 0.850. The fraction of sp³-hybridized carbons (Fsp3) is 0.300. The maximum absolute atomic E-state index is 13.0. The summed E-state index contributed by atoms with van der Waals surface area (Å²) >= 11 is 0. The number of nitriles is 1. The smallest absolute Gasteiger partial charge is 0.254 e. The molecule has 1 heterocycles. The third kappa shape index (κ3) is 3.04. The SMILES string of the molecule is C[C@@H]1CO[C@@H](c2ccccc2)[C@@H](C)N1C(=O)c1cccc(C#N)c1. The first-order chi connectivity index (χ1) is 11.6. The van der Waals surface area contributed by atoms with E-state index in [1.807, 2.05) is 49.1 Å². The molecule has 3 atom stereocenters. The summed E-state index contributed by atoms with van der Waals surface area (Å²) in [5.41, 5.74) is 2.11. The van der Waals surface area contributed by atoms with Gasteiger partial charge in [0.1, 0.15) is 6.10 Å². The number of carbonyl (C=O) groups is 1. The van der Waals surface area contributed by atoms with E-state index in [2.05, 4.69) is 6.07 Å². The molecule has 4 heteroatoms. The molecule has 4 nitrogen and oxygen atoms in total. The van der Waals surface area contributed by atoms with E-state index < -0.39 is 0 Å². The number of benzene rings is 2. The minimum atomic E-state index is -0.148. The zero-order valence-corrected chi connectivity index (χ0v) is 13.8. The fourth-order valence-corrected chi connectivity index (χ4v) is 3.28. The molecule has 2 aromatic rings. The molecule has 122 valence electrons. The van der Waals surface area contributed by atoms with E-state index >= 15 is 0 Å². The average Bonchev–Trinajstić information content (AvgIpc) is 2.62. The van der Waals surface area contributed by atoms with Crippen molar-refractivity contribution in [3.8, 4) is 6.07 Å². The van der Waals surface area contributed by atoms with Gasteiger partial charge in [0.05, 0.1) is 30.3 Å². The fourth-order valence-electron chi connectivity index (χ4n) is 3.28. The number of rotatable bonds is 2. The Morgan fingerprint density at radius 3 is 2.62 bits per heavy atom. The number of hydrogen-bond donors (Lipinski definition) is 0.